The van der Waals surface area contributed by atoms with E-state index in [1.165, 1.54) is 6.21 Å². The molecule has 1 heterocycles. The third kappa shape index (κ3) is 2.86. The summed E-state index contributed by atoms with van der Waals surface area (Å²) in [7, 11) is 0. The highest BCUT2D eigenvalue weighted by Crippen LogP contribution is 2.30. The summed E-state index contributed by atoms with van der Waals surface area (Å²) in [5, 5.41) is 10.4. The number of phenolic OH excluding ortho intramolecular Hbond substituents is 1. The molecule has 0 amide bonds. The van der Waals surface area contributed by atoms with Gasteiger partial charge in [0.25, 0.3) is 0 Å². The number of aromatic amines is 2. The highest BCUT2D eigenvalue weighted by atomic mass is 79.9. The van der Waals surface area contributed by atoms with Crippen LogP contribution in [0.3, 0.4) is 0 Å². The average molecular weight is 367 g/mol. The number of benzene rings is 2. The quantitative estimate of drug-likeness (QED) is 0.604. The van der Waals surface area contributed by atoms with E-state index in [9.17, 15) is 9.90 Å². The van der Waals surface area contributed by atoms with Gasteiger partial charge in [0, 0.05) is 16.8 Å². The Kier molecular flexibility index (Phi) is 3.57. The molecule has 0 fully saturated rings. The van der Waals surface area contributed by atoms with Gasteiger partial charge < -0.3 is 15.1 Å². The number of aliphatic imine (C=N–C) groups is 1. The monoisotopic (exact) mass is 365 g/mol. The minimum Gasteiger partial charge on any atom is -0.506 e. The standard InChI is InChI=1S/C14H9BrClN3O2/c15-10-4-8(16)3-7(13(10)20)6-17-9-1-2-11-12(5-9)19-14(21)18-11/h1-6,20H,(H2,18,19,21). The van der Waals surface area contributed by atoms with E-state index in [0.717, 1.165) is 0 Å². The molecule has 2 aromatic carbocycles. The zero-order valence-corrected chi connectivity index (χ0v) is 12.9. The molecule has 1 aromatic heterocycles. The van der Waals surface area contributed by atoms with Crippen LogP contribution in [-0.4, -0.2) is 21.3 Å². The lowest BCUT2D eigenvalue weighted by molar-refractivity contribution is 0.471. The highest BCUT2D eigenvalue weighted by molar-refractivity contribution is 9.10. The average Bonchev–Trinajstić information content (AvgIpc) is 2.80. The van der Waals surface area contributed by atoms with Crippen LogP contribution in [-0.2, 0) is 0 Å². The summed E-state index contributed by atoms with van der Waals surface area (Å²) in [5.41, 5.74) is 2.27. The van der Waals surface area contributed by atoms with Crippen molar-refractivity contribution in [1.29, 1.82) is 0 Å². The molecule has 7 heteroatoms. The van der Waals surface area contributed by atoms with Gasteiger partial charge in [0.2, 0.25) is 0 Å². The molecule has 0 aliphatic heterocycles. The van der Waals surface area contributed by atoms with E-state index in [4.69, 9.17) is 11.6 Å². The minimum absolute atomic E-state index is 0.0688. The first-order chi connectivity index (χ1) is 10.0. The van der Waals surface area contributed by atoms with Crippen molar-refractivity contribution in [2.45, 2.75) is 0 Å². The summed E-state index contributed by atoms with van der Waals surface area (Å²) in [5.74, 6) is 0.0688. The van der Waals surface area contributed by atoms with E-state index in [0.29, 0.717) is 31.8 Å². The molecular formula is C14H9BrClN3O2. The number of phenols is 1. The minimum atomic E-state index is -0.262. The first kappa shape index (κ1) is 13.9. The van der Waals surface area contributed by atoms with Gasteiger partial charge >= 0.3 is 5.69 Å². The maximum atomic E-state index is 11.2. The number of imidazole rings is 1. The predicted molar refractivity (Wildman–Crippen MR) is 87.0 cm³/mol. The molecular weight excluding hydrogens is 358 g/mol. The van der Waals surface area contributed by atoms with Crippen LogP contribution in [0.15, 0.2) is 44.6 Å². The van der Waals surface area contributed by atoms with Crippen molar-refractivity contribution < 1.29 is 5.11 Å². The molecule has 0 unspecified atom stereocenters. The van der Waals surface area contributed by atoms with Gasteiger partial charge in [-0.1, -0.05) is 11.6 Å². The summed E-state index contributed by atoms with van der Waals surface area (Å²) in [6.45, 7) is 0. The van der Waals surface area contributed by atoms with Crippen LogP contribution in [0.25, 0.3) is 11.0 Å². The second kappa shape index (κ2) is 5.38. The van der Waals surface area contributed by atoms with Crippen LogP contribution >= 0.6 is 27.5 Å². The third-order valence-corrected chi connectivity index (χ3v) is 3.73. The SMILES string of the molecule is O=c1[nH]c2ccc(N=Cc3cc(Cl)cc(Br)c3O)cc2[nH]1. The lowest BCUT2D eigenvalue weighted by atomic mass is 10.2. The zero-order valence-electron chi connectivity index (χ0n) is 10.5. The first-order valence-electron chi connectivity index (χ1n) is 5.97. The largest absolute Gasteiger partial charge is 0.506 e. The van der Waals surface area contributed by atoms with E-state index in [1.807, 2.05) is 0 Å². The number of rotatable bonds is 2. The van der Waals surface area contributed by atoms with Crippen molar-refractivity contribution in [3.05, 3.63) is 55.9 Å². The van der Waals surface area contributed by atoms with E-state index in [-0.39, 0.29) is 11.4 Å². The molecule has 0 aliphatic carbocycles. The number of aromatic nitrogens is 2. The van der Waals surface area contributed by atoms with Crippen molar-refractivity contribution in [1.82, 2.24) is 9.97 Å². The topological polar surface area (TPSA) is 81.2 Å². The summed E-state index contributed by atoms with van der Waals surface area (Å²) in [6.07, 6.45) is 1.51. The van der Waals surface area contributed by atoms with Gasteiger partial charge in [0.05, 0.1) is 21.2 Å². The fraction of sp³-hybridized carbons (Fsp3) is 0. The molecule has 0 saturated carbocycles. The molecule has 106 valence electrons. The van der Waals surface area contributed by atoms with Crippen LogP contribution in [0.5, 0.6) is 5.75 Å². The van der Waals surface area contributed by atoms with Crippen molar-refractivity contribution in [3.63, 3.8) is 0 Å². The molecule has 0 spiro atoms. The molecule has 21 heavy (non-hydrogen) atoms. The molecule has 0 saturated heterocycles. The van der Waals surface area contributed by atoms with Crippen LogP contribution in [0.1, 0.15) is 5.56 Å². The molecule has 3 aromatic rings. The number of halogens is 2. The third-order valence-electron chi connectivity index (χ3n) is 2.91. The Morgan fingerprint density at radius 2 is 1.95 bits per heavy atom. The molecule has 0 bridgehead atoms. The number of H-pyrrole nitrogens is 2. The second-order valence-corrected chi connectivity index (χ2v) is 5.68. The molecule has 3 rings (SSSR count). The Labute approximate surface area is 132 Å². The Morgan fingerprint density at radius 3 is 2.76 bits per heavy atom. The Morgan fingerprint density at radius 1 is 1.19 bits per heavy atom. The van der Waals surface area contributed by atoms with Crippen LogP contribution < -0.4 is 5.69 Å². The number of hydrogen-bond donors (Lipinski definition) is 3. The Bertz CT molecular complexity index is 914. The van der Waals surface area contributed by atoms with E-state index in [1.54, 1.807) is 30.3 Å². The molecule has 0 atom stereocenters. The first-order valence-corrected chi connectivity index (χ1v) is 7.14. The van der Waals surface area contributed by atoms with Crippen molar-refractivity contribution in [2.75, 3.05) is 0 Å². The van der Waals surface area contributed by atoms with Gasteiger partial charge in [-0.25, -0.2) is 4.79 Å². The second-order valence-electron chi connectivity index (χ2n) is 4.39. The predicted octanol–water partition coefficient (Wildman–Crippen LogP) is 3.73. The fourth-order valence-electron chi connectivity index (χ4n) is 1.93. The molecule has 0 aliphatic rings. The van der Waals surface area contributed by atoms with Crippen LogP contribution in [0.2, 0.25) is 5.02 Å². The lowest BCUT2D eigenvalue weighted by Gasteiger charge is -2.02. The number of aromatic hydroxyl groups is 1. The number of fused-ring (bicyclic) bond motifs is 1. The Balaban J connectivity index is 1.99. The van der Waals surface area contributed by atoms with Crippen LogP contribution in [0, 0.1) is 0 Å². The smallest absolute Gasteiger partial charge is 0.323 e. The van der Waals surface area contributed by atoms with E-state index >= 15 is 0 Å². The molecule has 3 N–H and O–H groups in total. The van der Waals surface area contributed by atoms with Gasteiger partial charge in [-0.3, -0.25) is 4.99 Å². The summed E-state index contributed by atoms with van der Waals surface area (Å²) in [4.78, 5) is 20.8. The number of nitrogens with zero attached hydrogens (tertiary/aromatic N) is 1. The normalized spacial score (nSPS) is 11.5. The number of nitrogens with one attached hydrogen (secondary N) is 2. The van der Waals surface area contributed by atoms with Gasteiger partial charge in [-0.05, 0) is 46.3 Å². The molecule has 0 radical (unpaired) electrons. The summed E-state index contributed by atoms with van der Waals surface area (Å²) < 4.78 is 0.502. The summed E-state index contributed by atoms with van der Waals surface area (Å²) >= 11 is 9.16. The van der Waals surface area contributed by atoms with E-state index in [2.05, 4.69) is 30.9 Å². The van der Waals surface area contributed by atoms with Crippen LogP contribution in [0.4, 0.5) is 5.69 Å². The summed E-state index contributed by atoms with van der Waals surface area (Å²) in [6, 6.07) is 8.47. The van der Waals surface area contributed by atoms with Gasteiger partial charge in [0.15, 0.2) is 0 Å². The van der Waals surface area contributed by atoms with Crippen molar-refractivity contribution in [2.24, 2.45) is 4.99 Å². The fourth-order valence-corrected chi connectivity index (χ4v) is 2.76. The van der Waals surface area contributed by atoms with Crippen molar-refractivity contribution in [3.8, 4) is 5.75 Å². The zero-order chi connectivity index (χ0) is 15.0. The highest BCUT2D eigenvalue weighted by Gasteiger charge is 2.05. The maximum Gasteiger partial charge on any atom is 0.323 e. The number of hydrogen-bond acceptors (Lipinski definition) is 3. The van der Waals surface area contributed by atoms with Gasteiger partial charge in [-0.15, -0.1) is 0 Å². The maximum absolute atomic E-state index is 11.2. The van der Waals surface area contributed by atoms with Crippen molar-refractivity contribution >= 4 is 50.5 Å². The van der Waals surface area contributed by atoms with Gasteiger partial charge in [0.1, 0.15) is 5.75 Å². The van der Waals surface area contributed by atoms with Gasteiger partial charge in [-0.2, -0.15) is 0 Å². The lowest BCUT2D eigenvalue weighted by Crippen LogP contribution is -1.99. The Hall–Kier alpha value is -2.05. The molecule has 5 nitrogen and oxygen atoms in total. The van der Waals surface area contributed by atoms with E-state index < -0.39 is 0 Å².